The number of aromatic nitrogens is 1. The number of hydrogen-bond donors (Lipinski definition) is 0. The molecule has 0 aliphatic rings. The third kappa shape index (κ3) is 2.86. The van der Waals surface area contributed by atoms with Crippen molar-refractivity contribution >= 4 is 6.29 Å². The third-order valence-corrected chi connectivity index (χ3v) is 1.80. The summed E-state index contributed by atoms with van der Waals surface area (Å²) in [6.07, 6.45) is 3.42. The maximum Gasteiger partial charge on any atom is 0.212 e. The fraction of sp³-hybridized carbons (Fsp3) is 0.400. The molecule has 0 bridgehead atoms. The zero-order valence-corrected chi connectivity index (χ0v) is 7.86. The summed E-state index contributed by atoms with van der Waals surface area (Å²) in [5, 5.41) is 0. The number of carbonyl (C=O) groups excluding carboxylic acids is 1. The molecule has 1 atom stereocenters. The molecule has 1 aromatic rings. The zero-order chi connectivity index (χ0) is 9.68. The average Bonchev–Trinajstić information content (AvgIpc) is 2.19. The van der Waals surface area contributed by atoms with Crippen LogP contribution in [0.15, 0.2) is 18.3 Å². The van der Waals surface area contributed by atoms with Gasteiger partial charge in [0.1, 0.15) is 6.29 Å². The van der Waals surface area contributed by atoms with Crippen LogP contribution in [0.5, 0.6) is 5.88 Å². The highest BCUT2D eigenvalue weighted by atomic mass is 16.5. The molecule has 0 radical (unpaired) electrons. The first-order valence-electron chi connectivity index (χ1n) is 4.20. The predicted molar refractivity (Wildman–Crippen MR) is 49.7 cm³/mol. The zero-order valence-electron chi connectivity index (χ0n) is 7.86. The molecular weight excluding hydrogens is 166 g/mol. The lowest BCUT2D eigenvalue weighted by molar-refractivity contribution is -0.110. The molecule has 0 saturated carbocycles. The van der Waals surface area contributed by atoms with Crippen molar-refractivity contribution in [2.75, 3.05) is 7.11 Å². The Labute approximate surface area is 77.8 Å². The van der Waals surface area contributed by atoms with Crippen LogP contribution in [-0.2, 0) is 11.2 Å². The van der Waals surface area contributed by atoms with Gasteiger partial charge >= 0.3 is 0 Å². The molecule has 1 heterocycles. The van der Waals surface area contributed by atoms with Crippen LogP contribution in [-0.4, -0.2) is 18.4 Å². The van der Waals surface area contributed by atoms with E-state index in [4.69, 9.17) is 4.74 Å². The molecule has 0 N–H and O–H groups in total. The second-order valence-electron chi connectivity index (χ2n) is 3.03. The fourth-order valence-corrected chi connectivity index (χ4v) is 1.07. The van der Waals surface area contributed by atoms with Crippen LogP contribution in [0.2, 0.25) is 0 Å². The van der Waals surface area contributed by atoms with Crippen LogP contribution in [0.1, 0.15) is 12.5 Å². The van der Waals surface area contributed by atoms with Gasteiger partial charge in [0, 0.05) is 18.2 Å². The van der Waals surface area contributed by atoms with E-state index in [9.17, 15) is 4.79 Å². The normalized spacial score (nSPS) is 12.2. The number of ether oxygens (including phenoxy) is 1. The van der Waals surface area contributed by atoms with Gasteiger partial charge in [0.05, 0.1) is 7.11 Å². The van der Waals surface area contributed by atoms with Gasteiger partial charge in [0.2, 0.25) is 5.88 Å². The van der Waals surface area contributed by atoms with E-state index in [0.29, 0.717) is 5.88 Å². The molecular formula is C10H13NO2. The first kappa shape index (κ1) is 9.71. The van der Waals surface area contributed by atoms with Crippen LogP contribution >= 0.6 is 0 Å². The minimum Gasteiger partial charge on any atom is -0.481 e. The number of rotatable bonds is 4. The van der Waals surface area contributed by atoms with Gasteiger partial charge < -0.3 is 9.53 Å². The summed E-state index contributed by atoms with van der Waals surface area (Å²) in [5.41, 5.74) is 1.06. The lowest BCUT2D eigenvalue weighted by atomic mass is 10.0. The van der Waals surface area contributed by atoms with Crippen molar-refractivity contribution in [2.45, 2.75) is 13.3 Å². The predicted octanol–water partition coefficient (Wildman–Crippen LogP) is 1.47. The monoisotopic (exact) mass is 179 g/mol. The minimum absolute atomic E-state index is 0.0511. The molecule has 0 amide bonds. The molecule has 1 aromatic heterocycles. The molecule has 3 nitrogen and oxygen atoms in total. The van der Waals surface area contributed by atoms with Gasteiger partial charge in [-0.2, -0.15) is 0 Å². The number of hydrogen-bond acceptors (Lipinski definition) is 3. The van der Waals surface area contributed by atoms with Crippen molar-refractivity contribution in [2.24, 2.45) is 5.92 Å². The molecule has 13 heavy (non-hydrogen) atoms. The molecule has 0 aliphatic heterocycles. The molecule has 0 aromatic carbocycles. The van der Waals surface area contributed by atoms with E-state index >= 15 is 0 Å². The quantitative estimate of drug-likeness (QED) is 0.657. The van der Waals surface area contributed by atoms with E-state index in [0.717, 1.165) is 18.3 Å². The van der Waals surface area contributed by atoms with Gasteiger partial charge in [-0.25, -0.2) is 4.98 Å². The van der Waals surface area contributed by atoms with Gasteiger partial charge in [0.15, 0.2) is 0 Å². The Bertz CT molecular complexity index is 269. The van der Waals surface area contributed by atoms with Crippen LogP contribution in [0.3, 0.4) is 0 Å². The van der Waals surface area contributed by atoms with Gasteiger partial charge in [-0.3, -0.25) is 0 Å². The van der Waals surface area contributed by atoms with Crippen molar-refractivity contribution < 1.29 is 9.53 Å². The highest BCUT2D eigenvalue weighted by molar-refractivity contribution is 5.53. The maximum atomic E-state index is 10.4. The van der Waals surface area contributed by atoms with Crippen molar-refractivity contribution in [3.63, 3.8) is 0 Å². The third-order valence-electron chi connectivity index (χ3n) is 1.80. The van der Waals surface area contributed by atoms with Crippen molar-refractivity contribution in [3.8, 4) is 5.88 Å². The SMILES string of the molecule is COc1ccc(C[C@H](C)C=O)cn1. The van der Waals surface area contributed by atoms with E-state index in [2.05, 4.69) is 4.98 Å². The van der Waals surface area contributed by atoms with Crippen LogP contribution in [0.4, 0.5) is 0 Å². The molecule has 0 spiro atoms. The molecule has 0 aliphatic carbocycles. The first-order valence-corrected chi connectivity index (χ1v) is 4.20. The summed E-state index contributed by atoms with van der Waals surface area (Å²) in [7, 11) is 1.58. The number of pyridine rings is 1. The summed E-state index contributed by atoms with van der Waals surface area (Å²) in [6.45, 7) is 1.89. The Morgan fingerprint density at radius 3 is 2.85 bits per heavy atom. The number of carbonyl (C=O) groups is 1. The maximum absolute atomic E-state index is 10.4. The standard InChI is InChI=1S/C10H13NO2/c1-8(7-12)5-9-3-4-10(13-2)11-6-9/h3-4,6-8H,5H2,1-2H3/t8-/m0/s1. The molecule has 70 valence electrons. The summed E-state index contributed by atoms with van der Waals surface area (Å²) >= 11 is 0. The molecule has 3 heteroatoms. The Morgan fingerprint density at radius 1 is 1.62 bits per heavy atom. The number of nitrogens with zero attached hydrogens (tertiary/aromatic N) is 1. The Kier molecular flexibility index (Phi) is 3.43. The van der Waals surface area contributed by atoms with Crippen molar-refractivity contribution in [1.29, 1.82) is 0 Å². The van der Waals surface area contributed by atoms with E-state index < -0.39 is 0 Å². The number of methoxy groups -OCH3 is 1. The Morgan fingerprint density at radius 2 is 2.38 bits per heavy atom. The first-order chi connectivity index (χ1) is 6.26. The van der Waals surface area contributed by atoms with Crippen LogP contribution < -0.4 is 4.74 Å². The van der Waals surface area contributed by atoms with E-state index in [1.165, 1.54) is 0 Å². The number of aldehydes is 1. The smallest absolute Gasteiger partial charge is 0.212 e. The molecule has 0 unspecified atom stereocenters. The molecule has 0 saturated heterocycles. The molecule has 0 fully saturated rings. The van der Waals surface area contributed by atoms with E-state index in [-0.39, 0.29) is 5.92 Å². The van der Waals surface area contributed by atoms with Crippen molar-refractivity contribution in [1.82, 2.24) is 4.98 Å². The Hall–Kier alpha value is -1.38. The summed E-state index contributed by atoms with van der Waals surface area (Å²) in [6, 6.07) is 3.72. The van der Waals surface area contributed by atoms with E-state index in [1.54, 1.807) is 19.4 Å². The lowest BCUT2D eigenvalue weighted by Gasteiger charge is -2.03. The van der Waals surface area contributed by atoms with Crippen LogP contribution in [0.25, 0.3) is 0 Å². The van der Waals surface area contributed by atoms with Gasteiger partial charge in [-0.15, -0.1) is 0 Å². The summed E-state index contributed by atoms with van der Waals surface area (Å²) in [4.78, 5) is 14.4. The Balaban J connectivity index is 2.63. The summed E-state index contributed by atoms with van der Waals surface area (Å²) < 4.78 is 4.92. The fourth-order valence-electron chi connectivity index (χ4n) is 1.07. The second-order valence-corrected chi connectivity index (χ2v) is 3.03. The highest BCUT2D eigenvalue weighted by Crippen LogP contribution is 2.09. The lowest BCUT2D eigenvalue weighted by Crippen LogP contribution is -2.01. The topological polar surface area (TPSA) is 39.2 Å². The van der Waals surface area contributed by atoms with Gasteiger partial charge in [-0.05, 0) is 12.0 Å². The van der Waals surface area contributed by atoms with E-state index in [1.807, 2.05) is 13.0 Å². The minimum atomic E-state index is 0.0511. The van der Waals surface area contributed by atoms with Crippen LogP contribution in [0, 0.1) is 5.92 Å². The molecule has 1 rings (SSSR count). The highest BCUT2D eigenvalue weighted by Gasteiger charge is 2.01. The van der Waals surface area contributed by atoms with Gasteiger partial charge in [-0.1, -0.05) is 13.0 Å². The second kappa shape index (κ2) is 4.60. The average molecular weight is 179 g/mol. The largest absolute Gasteiger partial charge is 0.481 e. The summed E-state index contributed by atoms with van der Waals surface area (Å²) in [5.74, 6) is 0.651. The van der Waals surface area contributed by atoms with Gasteiger partial charge in [0.25, 0.3) is 0 Å². The van der Waals surface area contributed by atoms with Crippen molar-refractivity contribution in [3.05, 3.63) is 23.9 Å².